The molecule has 33 heteroatoms. The van der Waals surface area contributed by atoms with Crippen LogP contribution in [-0.2, 0) is 148 Å². The van der Waals surface area contributed by atoms with Crippen molar-refractivity contribution in [3.63, 3.8) is 0 Å². The van der Waals surface area contributed by atoms with Gasteiger partial charge in [0.15, 0.2) is 0 Å². The number of aliphatic carboxylic acids is 1. The molecule has 0 aromatic carbocycles. The molecule has 1 aliphatic heterocycles. The Bertz CT molecular complexity index is 2230. The molecule has 0 radical (unpaired) electrons. The molecule has 0 aromatic rings. The highest BCUT2D eigenvalue weighted by molar-refractivity contribution is 6.36. The van der Waals surface area contributed by atoms with Gasteiger partial charge in [0, 0.05) is 40.0 Å². The van der Waals surface area contributed by atoms with Crippen LogP contribution in [0.1, 0.15) is 119 Å². The number of Topliss-reactive ketones (excluding diaryl/α,β-unsaturated/α-hetero) is 4. The van der Waals surface area contributed by atoms with E-state index in [0.29, 0.717) is 12.8 Å². The molecular weight excluding hydrogens is 1100 g/mol. The van der Waals surface area contributed by atoms with Crippen LogP contribution in [0.3, 0.4) is 0 Å². The molecule has 454 valence electrons. The summed E-state index contributed by atoms with van der Waals surface area (Å²) in [6, 6.07) is -0.0324. The minimum atomic E-state index is -1.43. The standard InChI is InChI=1S/2C12H16O8.C9H8O8.C9H14O6.C6H11NO2/c1-7(4-9(14)18-3)6-19-10(15)5-11(16)20-12(17)8(2)13;1-8(13)12(17)20-11(16)7-10(15)19-6-4-3-5-9(14)18-2;1-4(10)8(14)16-6(12)3-7(13)17-9(15)5(2)11;1-6(5-9(13)14-2)15-8(12)4-3-7(10)11;1-9-6(8)5-3-2-4-7-5/h7H,4-6H2,1-3H3;3-7H2,1-2H3;3H2,1-2H3;6H,3-5H2,1-2H3,(H,10,11);5,7H,2-4H2,1H3/t;;;;5-/m....0/s1. The Labute approximate surface area is 461 Å². The van der Waals surface area contributed by atoms with Crippen molar-refractivity contribution in [2.24, 2.45) is 5.92 Å². The lowest BCUT2D eigenvalue weighted by atomic mass is 10.1. The van der Waals surface area contributed by atoms with Crippen LogP contribution < -0.4 is 5.32 Å². The molecule has 0 bridgehead atoms. The summed E-state index contributed by atoms with van der Waals surface area (Å²) in [6.45, 7) is 7.70. The van der Waals surface area contributed by atoms with Crippen LogP contribution in [0, 0.1) is 5.92 Å². The van der Waals surface area contributed by atoms with Crippen LogP contribution in [0.25, 0.3) is 0 Å². The molecule has 33 nitrogen and oxygen atoms in total. The summed E-state index contributed by atoms with van der Waals surface area (Å²) in [4.78, 5) is 215. The number of hydrogen-bond acceptors (Lipinski definition) is 32. The highest BCUT2D eigenvalue weighted by Gasteiger charge is 2.24. The first kappa shape index (κ1) is 78.5. The summed E-state index contributed by atoms with van der Waals surface area (Å²) < 4.78 is 47.9. The van der Waals surface area contributed by atoms with E-state index in [1.807, 2.05) is 0 Å². The van der Waals surface area contributed by atoms with Crippen molar-refractivity contribution in [3.05, 3.63) is 0 Å². The number of rotatable bonds is 26. The minimum absolute atomic E-state index is 0.0315. The van der Waals surface area contributed by atoms with Crippen LogP contribution in [0.2, 0.25) is 0 Å². The molecule has 1 aliphatic rings. The van der Waals surface area contributed by atoms with Crippen molar-refractivity contribution in [1.29, 1.82) is 0 Å². The van der Waals surface area contributed by atoms with Gasteiger partial charge in [0.25, 0.3) is 0 Å². The number of nitrogens with one attached hydrogen (secondary N) is 1. The second-order valence-electron chi connectivity index (χ2n) is 15.8. The zero-order valence-corrected chi connectivity index (χ0v) is 45.9. The summed E-state index contributed by atoms with van der Waals surface area (Å²) >= 11 is 0. The second kappa shape index (κ2) is 45.9. The molecule has 1 fully saturated rings. The summed E-state index contributed by atoms with van der Waals surface area (Å²) in [5.41, 5.74) is 0. The number of carbonyl (C=O) groups is 20. The Balaban J connectivity index is -0.000000466. The lowest BCUT2D eigenvalue weighted by Crippen LogP contribution is -2.31. The van der Waals surface area contributed by atoms with Gasteiger partial charge >= 0.3 is 95.5 Å². The average molecular weight is 1170 g/mol. The maximum absolute atomic E-state index is 11.2. The number of methoxy groups -OCH3 is 4. The second-order valence-corrected chi connectivity index (χ2v) is 15.8. The maximum atomic E-state index is 11.2. The molecule has 81 heavy (non-hydrogen) atoms. The summed E-state index contributed by atoms with van der Waals surface area (Å²) in [5.74, 6) is -19.6. The lowest BCUT2D eigenvalue weighted by molar-refractivity contribution is -0.170. The van der Waals surface area contributed by atoms with Crippen LogP contribution >= 0.6 is 0 Å². The molecule has 0 aromatic heterocycles. The number of esters is 15. The zero-order chi connectivity index (χ0) is 63.4. The molecule has 1 saturated heterocycles. The fourth-order valence-electron chi connectivity index (χ4n) is 4.50. The van der Waals surface area contributed by atoms with Crippen LogP contribution in [-0.4, -0.2) is 184 Å². The van der Waals surface area contributed by atoms with Gasteiger partial charge in [0.2, 0.25) is 23.1 Å². The average Bonchev–Trinajstić information content (AvgIpc) is 3.93. The van der Waals surface area contributed by atoms with Crippen molar-refractivity contribution < 1.29 is 153 Å². The van der Waals surface area contributed by atoms with Crippen LogP contribution in [0.15, 0.2) is 0 Å². The van der Waals surface area contributed by atoms with Gasteiger partial charge in [-0.15, -0.1) is 0 Å². The number of ether oxygens (including phenoxy) is 11. The maximum Gasteiger partial charge on any atom is 0.381 e. The van der Waals surface area contributed by atoms with Crippen LogP contribution in [0.5, 0.6) is 0 Å². The Hall–Kier alpha value is -9.04. The number of ketones is 4. The van der Waals surface area contributed by atoms with E-state index in [2.05, 4.69) is 47.9 Å². The molecule has 0 spiro atoms. The van der Waals surface area contributed by atoms with Crippen molar-refractivity contribution in [3.8, 4) is 0 Å². The normalized spacial score (nSPS) is 12.0. The molecule has 0 amide bonds. The third-order valence-electron chi connectivity index (χ3n) is 8.48. The number of carbonyl (C=O) groups excluding carboxylic acids is 19. The van der Waals surface area contributed by atoms with Crippen molar-refractivity contribution >= 4 is 119 Å². The van der Waals surface area contributed by atoms with E-state index in [-0.39, 0.29) is 69.2 Å². The van der Waals surface area contributed by atoms with E-state index >= 15 is 0 Å². The smallest absolute Gasteiger partial charge is 0.381 e. The Morgan fingerprint density at radius 2 is 0.852 bits per heavy atom. The van der Waals surface area contributed by atoms with E-state index in [9.17, 15) is 95.9 Å². The highest BCUT2D eigenvalue weighted by atomic mass is 16.6. The molecule has 1 rings (SSSR count). The Morgan fingerprint density at radius 1 is 0.457 bits per heavy atom. The number of carboxylic acids is 1. The molecule has 3 atom stereocenters. The first-order valence-corrected chi connectivity index (χ1v) is 23.4. The third kappa shape index (κ3) is 47.9. The molecule has 2 N–H and O–H groups in total. The van der Waals surface area contributed by atoms with Gasteiger partial charge in [-0.1, -0.05) is 6.92 Å². The molecule has 2 unspecified atom stereocenters. The van der Waals surface area contributed by atoms with E-state index in [0.717, 1.165) is 47.1 Å². The van der Waals surface area contributed by atoms with Gasteiger partial charge in [-0.25, -0.2) is 19.2 Å². The monoisotopic (exact) mass is 1170 g/mol. The van der Waals surface area contributed by atoms with E-state index < -0.39 is 132 Å². The minimum Gasteiger partial charge on any atom is -0.481 e. The Kier molecular flexibility index (Phi) is 44.5. The van der Waals surface area contributed by atoms with Crippen LogP contribution in [0.4, 0.5) is 0 Å². The predicted molar refractivity (Wildman–Crippen MR) is 257 cm³/mol. The van der Waals surface area contributed by atoms with Gasteiger partial charge in [0.05, 0.1) is 67.3 Å². The highest BCUT2D eigenvalue weighted by Crippen LogP contribution is 2.07. The van der Waals surface area contributed by atoms with Gasteiger partial charge < -0.3 is 62.5 Å². The van der Waals surface area contributed by atoms with Gasteiger partial charge in [-0.2, -0.15) is 0 Å². The SMILES string of the molecule is CC(=O)C(=O)OC(=O)CC(=O)OC(=O)C(C)=O.COC(=O)CC(C)COC(=O)CC(=O)OC(=O)C(C)=O.COC(=O)CC(C)OC(=O)CCC(=O)O.COC(=O)CCCCOC(=O)CC(=O)OC(=O)C(C)=O.COC(=O)[C@@H]1CCCN1. The first-order valence-electron chi connectivity index (χ1n) is 23.4. The van der Waals surface area contributed by atoms with Gasteiger partial charge in [-0.3, -0.25) is 76.7 Å². The predicted octanol–water partition coefficient (Wildman–Crippen LogP) is -1.35. The van der Waals surface area contributed by atoms with Crippen molar-refractivity contribution in [2.45, 2.75) is 131 Å². The zero-order valence-electron chi connectivity index (χ0n) is 45.9. The number of carboxylic acid groups (broad SMARTS) is 1. The topological polar surface area (TPSA) is 475 Å². The number of unbranched alkanes of at least 4 members (excludes halogenated alkanes) is 1. The molecule has 0 aliphatic carbocycles. The van der Waals surface area contributed by atoms with E-state index in [1.54, 1.807) is 6.92 Å². The first-order chi connectivity index (χ1) is 37.6. The Morgan fingerprint density at radius 3 is 1.21 bits per heavy atom. The van der Waals surface area contributed by atoms with Gasteiger partial charge in [-0.05, 0) is 39.2 Å². The number of hydrogen-bond donors (Lipinski definition) is 2. The van der Waals surface area contributed by atoms with Crippen molar-refractivity contribution in [2.75, 3.05) is 48.2 Å². The summed E-state index contributed by atoms with van der Waals surface area (Å²) in [7, 11) is 5.17. The quantitative estimate of drug-likeness (QED) is 0.0332. The summed E-state index contributed by atoms with van der Waals surface area (Å²) in [6.07, 6.45) is -0.501. The molecule has 1 heterocycles. The molecule has 0 saturated carbocycles. The summed E-state index contributed by atoms with van der Waals surface area (Å²) in [5, 5.41) is 11.3. The van der Waals surface area contributed by atoms with Crippen molar-refractivity contribution in [1.82, 2.24) is 5.32 Å². The fourth-order valence-corrected chi connectivity index (χ4v) is 4.50. The third-order valence-corrected chi connectivity index (χ3v) is 8.48. The van der Waals surface area contributed by atoms with E-state index in [4.69, 9.17) is 14.6 Å². The van der Waals surface area contributed by atoms with Gasteiger partial charge in [0.1, 0.15) is 31.4 Å². The fraction of sp³-hybridized carbons (Fsp3) is 0.583. The largest absolute Gasteiger partial charge is 0.481 e. The lowest BCUT2D eigenvalue weighted by Gasteiger charge is -2.11. The van der Waals surface area contributed by atoms with E-state index in [1.165, 1.54) is 35.4 Å². The molecular formula is C48H65NO32.